The van der Waals surface area contributed by atoms with Crippen molar-refractivity contribution in [2.24, 2.45) is 0 Å². The van der Waals surface area contributed by atoms with Crippen LogP contribution >= 0.6 is 11.6 Å². The van der Waals surface area contributed by atoms with E-state index in [0.29, 0.717) is 6.04 Å². The third-order valence-electron chi connectivity index (χ3n) is 3.43. The number of hydrogen-bond acceptors (Lipinski definition) is 2. The van der Waals surface area contributed by atoms with Gasteiger partial charge in [-0.15, -0.1) is 0 Å². The minimum Gasteiger partial charge on any atom is -0.370 e. The molecule has 3 heteroatoms. The molecule has 1 atom stereocenters. The lowest BCUT2D eigenvalue weighted by Crippen LogP contribution is -2.45. The Hall–Kier alpha value is -0.730. The van der Waals surface area contributed by atoms with Gasteiger partial charge in [0.1, 0.15) is 0 Å². The SMILES string of the molecule is CCNC1CCCN(c2cc(Cl)ccc2C)C1. The average molecular weight is 253 g/mol. The van der Waals surface area contributed by atoms with Crippen LogP contribution in [0.4, 0.5) is 5.69 Å². The molecule has 1 N–H and O–H groups in total. The number of hydrogen-bond donors (Lipinski definition) is 1. The second kappa shape index (κ2) is 5.74. The second-order valence-corrected chi connectivity index (χ2v) is 5.21. The third kappa shape index (κ3) is 3.14. The highest BCUT2D eigenvalue weighted by molar-refractivity contribution is 6.30. The quantitative estimate of drug-likeness (QED) is 0.889. The van der Waals surface area contributed by atoms with Crippen LogP contribution in [-0.4, -0.2) is 25.7 Å². The van der Waals surface area contributed by atoms with Crippen LogP contribution in [-0.2, 0) is 0 Å². The molecule has 0 spiro atoms. The van der Waals surface area contributed by atoms with Crippen molar-refractivity contribution in [3.8, 4) is 0 Å². The summed E-state index contributed by atoms with van der Waals surface area (Å²) in [5, 5.41) is 4.37. The van der Waals surface area contributed by atoms with Gasteiger partial charge in [0.25, 0.3) is 0 Å². The van der Waals surface area contributed by atoms with Crippen LogP contribution in [0.25, 0.3) is 0 Å². The smallest absolute Gasteiger partial charge is 0.0426 e. The fourth-order valence-corrected chi connectivity index (χ4v) is 2.74. The van der Waals surface area contributed by atoms with Crippen LogP contribution in [0.5, 0.6) is 0 Å². The maximum absolute atomic E-state index is 6.09. The lowest BCUT2D eigenvalue weighted by molar-refractivity contribution is 0.431. The van der Waals surface area contributed by atoms with Gasteiger partial charge in [0.15, 0.2) is 0 Å². The first kappa shape index (κ1) is 12.7. The highest BCUT2D eigenvalue weighted by Gasteiger charge is 2.20. The van der Waals surface area contributed by atoms with E-state index in [0.717, 1.165) is 24.7 Å². The highest BCUT2D eigenvalue weighted by Crippen LogP contribution is 2.26. The minimum absolute atomic E-state index is 0.618. The van der Waals surface area contributed by atoms with E-state index in [2.05, 4.69) is 36.2 Å². The van der Waals surface area contributed by atoms with E-state index < -0.39 is 0 Å². The van der Waals surface area contributed by atoms with Gasteiger partial charge in [-0.2, -0.15) is 0 Å². The number of anilines is 1. The molecule has 1 unspecified atom stereocenters. The summed E-state index contributed by atoms with van der Waals surface area (Å²) in [6.07, 6.45) is 2.54. The minimum atomic E-state index is 0.618. The molecule has 2 rings (SSSR count). The lowest BCUT2D eigenvalue weighted by atomic mass is 10.0. The zero-order valence-electron chi connectivity index (χ0n) is 10.7. The zero-order valence-corrected chi connectivity index (χ0v) is 11.4. The van der Waals surface area contributed by atoms with E-state index >= 15 is 0 Å². The van der Waals surface area contributed by atoms with E-state index in [1.807, 2.05) is 6.07 Å². The molecule has 0 amide bonds. The Bertz CT molecular complexity index is 376. The normalized spacial score (nSPS) is 20.6. The maximum atomic E-state index is 6.09. The lowest BCUT2D eigenvalue weighted by Gasteiger charge is -2.35. The molecule has 1 saturated heterocycles. The summed E-state index contributed by atoms with van der Waals surface area (Å²) in [5.74, 6) is 0. The standard InChI is InChI=1S/C14H21ClN2/c1-3-16-13-5-4-8-17(10-13)14-9-12(15)7-6-11(14)2/h6-7,9,13,16H,3-5,8,10H2,1-2H3. The second-order valence-electron chi connectivity index (χ2n) is 4.77. The molecule has 1 aliphatic rings. The van der Waals surface area contributed by atoms with Crippen LogP contribution in [0.3, 0.4) is 0 Å². The molecule has 0 aliphatic carbocycles. The molecule has 0 aromatic heterocycles. The molecular formula is C14H21ClN2. The van der Waals surface area contributed by atoms with E-state index in [9.17, 15) is 0 Å². The van der Waals surface area contributed by atoms with Crippen molar-refractivity contribution in [3.63, 3.8) is 0 Å². The largest absolute Gasteiger partial charge is 0.370 e. The van der Waals surface area contributed by atoms with Crippen LogP contribution < -0.4 is 10.2 Å². The number of nitrogens with zero attached hydrogens (tertiary/aromatic N) is 1. The molecule has 94 valence electrons. The van der Waals surface area contributed by atoms with Crippen molar-refractivity contribution in [3.05, 3.63) is 28.8 Å². The molecule has 1 aromatic rings. The maximum Gasteiger partial charge on any atom is 0.0426 e. The van der Waals surface area contributed by atoms with Crippen LogP contribution in [0.1, 0.15) is 25.3 Å². The molecular weight excluding hydrogens is 232 g/mol. The van der Waals surface area contributed by atoms with Crippen molar-refractivity contribution in [1.82, 2.24) is 5.32 Å². The van der Waals surface area contributed by atoms with Gasteiger partial charge in [-0.25, -0.2) is 0 Å². The van der Waals surface area contributed by atoms with E-state index in [-0.39, 0.29) is 0 Å². The summed E-state index contributed by atoms with van der Waals surface area (Å²) in [7, 11) is 0. The summed E-state index contributed by atoms with van der Waals surface area (Å²) in [6.45, 7) is 7.61. The van der Waals surface area contributed by atoms with Gasteiger partial charge in [-0.05, 0) is 44.0 Å². The first-order chi connectivity index (χ1) is 8.20. The fourth-order valence-electron chi connectivity index (χ4n) is 2.57. The predicted molar refractivity (Wildman–Crippen MR) is 75.1 cm³/mol. The van der Waals surface area contributed by atoms with E-state index in [1.54, 1.807) is 0 Å². The number of aryl methyl sites for hydroxylation is 1. The number of halogens is 1. The van der Waals surface area contributed by atoms with Crippen molar-refractivity contribution >= 4 is 17.3 Å². The van der Waals surface area contributed by atoms with E-state index in [1.165, 1.54) is 24.1 Å². The predicted octanol–water partition coefficient (Wildman–Crippen LogP) is 3.23. The van der Waals surface area contributed by atoms with Crippen LogP contribution in [0, 0.1) is 6.92 Å². The van der Waals surface area contributed by atoms with Gasteiger partial charge in [0.05, 0.1) is 0 Å². The first-order valence-corrected chi connectivity index (χ1v) is 6.83. The molecule has 0 saturated carbocycles. The van der Waals surface area contributed by atoms with Crippen molar-refractivity contribution in [2.75, 3.05) is 24.5 Å². The number of benzene rings is 1. The Kier molecular flexibility index (Phi) is 4.30. The van der Waals surface area contributed by atoms with Gasteiger partial charge in [0.2, 0.25) is 0 Å². The molecule has 0 radical (unpaired) electrons. The van der Waals surface area contributed by atoms with Gasteiger partial charge in [0, 0.05) is 29.8 Å². The molecule has 1 fully saturated rings. The monoisotopic (exact) mass is 252 g/mol. The number of rotatable bonds is 3. The summed E-state index contributed by atoms with van der Waals surface area (Å²) in [4.78, 5) is 2.46. The highest BCUT2D eigenvalue weighted by atomic mass is 35.5. The first-order valence-electron chi connectivity index (χ1n) is 6.45. The Labute approximate surface area is 109 Å². The number of nitrogens with one attached hydrogen (secondary N) is 1. The summed E-state index contributed by atoms with van der Waals surface area (Å²) in [5.41, 5.74) is 2.60. The summed E-state index contributed by atoms with van der Waals surface area (Å²) < 4.78 is 0. The van der Waals surface area contributed by atoms with Gasteiger partial charge < -0.3 is 10.2 Å². The Morgan fingerprint density at radius 3 is 3.06 bits per heavy atom. The van der Waals surface area contributed by atoms with Crippen LogP contribution in [0.15, 0.2) is 18.2 Å². The van der Waals surface area contributed by atoms with Gasteiger partial charge in [-0.3, -0.25) is 0 Å². The third-order valence-corrected chi connectivity index (χ3v) is 3.66. The molecule has 0 bridgehead atoms. The Balaban J connectivity index is 2.13. The van der Waals surface area contributed by atoms with E-state index in [4.69, 9.17) is 11.6 Å². The number of likely N-dealkylation sites (N-methyl/N-ethyl adjacent to an activating group) is 1. The topological polar surface area (TPSA) is 15.3 Å². The zero-order chi connectivity index (χ0) is 12.3. The fraction of sp³-hybridized carbons (Fsp3) is 0.571. The summed E-state index contributed by atoms with van der Waals surface area (Å²) >= 11 is 6.09. The van der Waals surface area contributed by atoms with Gasteiger partial charge in [-0.1, -0.05) is 24.6 Å². The molecule has 2 nitrogen and oxygen atoms in total. The van der Waals surface area contributed by atoms with Crippen molar-refractivity contribution in [1.29, 1.82) is 0 Å². The molecule has 17 heavy (non-hydrogen) atoms. The van der Waals surface area contributed by atoms with Crippen LogP contribution in [0.2, 0.25) is 5.02 Å². The Morgan fingerprint density at radius 2 is 2.29 bits per heavy atom. The van der Waals surface area contributed by atoms with Crippen molar-refractivity contribution < 1.29 is 0 Å². The number of piperidine rings is 1. The Morgan fingerprint density at radius 1 is 1.47 bits per heavy atom. The van der Waals surface area contributed by atoms with Crippen molar-refractivity contribution in [2.45, 2.75) is 32.7 Å². The van der Waals surface area contributed by atoms with Gasteiger partial charge >= 0.3 is 0 Å². The summed E-state index contributed by atoms with van der Waals surface area (Å²) in [6, 6.07) is 6.78. The average Bonchev–Trinajstić information content (AvgIpc) is 2.33. The molecule has 1 heterocycles. The molecule has 1 aromatic carbocycles. The molecule has 1 aliphatic heterocycles.